The SMILES string of the molecule is COc1cc(C=NNC(=O)Nc2ccccc2C)cc(Br)c1OCc1ccc(C(=O)O)cc1. The predicted octanol–water partition coefficient (Wildman–Crippen LogP) is 5.20. The molecule has 0 saturated heterocycles. The number of carbonyl (C=O) groups is 2. The van der Waals surface area contributed by atoms with Gasteiger partial charge in [-0.15, -0.1) is 0 Å². The first-order valence-corrected chi connectivity index (χ1v) is 10.6. The van der Waals surface area contributed by atoms with Crippen molar-refractivity contribution in [3.05, 3.63) is 87.4 Å². The van der Waals surface area contributed by atoms with Crippen LogP contribution in [-0.4, -0.2) is 30.4 Å². The number of nitrogens with zero attached hydrogens (tertiary/aromatic N) is 1. The Bertz CT molecular complexity index is 1180. The van der Waals surface area contributed by atoms with Crippen molar-refractivity contribution < 1.29 is 24.2 Å². The molecule has 0 aliphatic carbocycles. The standard InChI is InChI=1S/C24H22BrN3O5/c1-15-5-3-4-6-20(15)27-24(31)28-26-13-17-11-19(25)22(21(12-17)32-2)33-14-16-7-9-18(10-8-16)23(29)30/h3-13H,14H2,1-2H3,(H,29,30)(H2,27,28,31). The van der Waals surface area contributed by atoms with Gasteiger partial charge in [0.05, 0.1) is 23.4 Å². The van der Waals surface area contributed by atoms with Gasteiger partial charge >= 0.3 is 12.0 Å². The lowest BCUT2D eigenvalue weighted by molar-refractivity contribution is 0.0696. The van der Waals surface area contributed by atoms with Crippen LogP contribution in [0, 0.1) is 6.92 Å². The second-order valence-corrected chi connectivity index (χ2v) is 7.82. The summed E-state index contributed by atoms with van der Waals surface area (Å²) in [6, 6.07) is 16.9. The fourth-order valence-corrected chi connectivity index (χ4v) is 3.46. The molecule has 0 aliphatic heterocycles. The maximum atomic E-state index is 12.1. The number of aryl methyl sites for hydroxylation is 1. The number of para-hydroxylation sites is 1. The number of hydrazone groups is 1. The van der Waals surface area contributed by atoms with Gasteiger partial charge in [0, 0.05) is 5.69 Å². The number of nitrogens with one attached hydrogen (secondary N) is 2. The van der Waals surface area contributed by atoms with Crippen molar-refractivity contribution in [1.82, 2.24) is 5.43 Å². The third-order valence-corrected chi connectivity index (χ3v) is 5.20. The van der Waals surface area contributed by atoms with Gasteiger partial charge in [-0.05, 0) is 69.9 Å². The van der Waals surface area contributed by atoms with Gasteiger partial charge in [-0.3, -0.25) is 0 Å². The summed E-state index contributed by atoms with van der Waals surface area (Å²) < 4.78 is 11.9. The van der Waals surface area contributed by atoms with E-state index in [2.05, 4.69) is 31.8 Å². The highest BCUT2D eigenvalue weighted by molar-refractivity contribution is 9.10. The van der Waals surface area contributed by atoms with E-state index in [-0.39, 0.29) is 12.2 Å². The molecule has 3 rings (SSSR count). The fraction of sp³-hybridized carbons (Fsp3) is 0.125. The van der Waals surface area contributed by atoms with E-state index >= 15 is 0 Å². The molecule has 3 aromatic rings. The number of hydrogen-bond acceptors (Lipinski definition) is 5. The fourth-order valence-electron chi connectivity index (χ4n) is 2.88. The zero-order chi connectivity index (χ0) is 23.8. The van der Waals surface area contributed by atoms with Gasteiger partial charge in [0.15, 0.2) is 11.5 Å². The van der Waals surface area contributed by atoms with Gasteiger partial charge < -0.3 is 19.9 Å². The Morgan fingerprint density at radius 1 is 1.12 bits per heavy atom. The van der Waals surface area contributed by atoms with Crippen LogP contribution in [0.5, 0.6) is 11.5 Å². The maximum absolute atomic E-state index is 12.1. The molecule has 0 unspecified atom stereocenters. The third kappa shape index (κ3) is 6.56. The second-order valence-electron chi connectivity index (χ2n) is 6.96. The number of benzene rings is 3. The molecule has 3 aromatic carbocycles. The quantitative estimate of drug-likeness (QED) is 0.284. The number of methoxy groups -OCH3 is 1. The monoisotopic (exact) mass is 511 g/mol. The molecule has 0 bridgehead atoms. The Morgan fingerprint density at radius 3 is 2.52 bits per heavy atom. The molecule has 0 heterocycles. The highest BCUT2D eigenvalue weighted by atomic mass is 79.9. The van der Waals surface area contributed by atoms with Gasteiger partial charge in [0.25, 0.3) is 0 Å². The molecule has 33 heavy (non-hydrogen) atoms. The smallest absolute Gasteiger partial charge is 0.339 e. The lowest BCUT2D eigenvalue weighted by atomic mass is 10.1. The number of anilines is 1. The van der Waals surface area contributed by atoms with Crippen molar-refractivity contribution >= 4 is 39.8 Å². The van der Waals surface area contributed by atoms with Crippen LogP contribution in [0.1, 0.15) is 27.0 Å². The molecule has 0 aromatic heterocycles. The molecule has 9 heteroatoms. The van der Waals surface area contributed by atoms with E-state index in [1.54, 1.807) is 30.3 Å². The summed E-state index contributed by atoms with van der Waals surface area (Å²) in [5.41, 5.74) is 5.77. The highest BCUT2D eigenvalue weighted by Crippen LogP contribution is 2.36. The number of aromatic carboxylic acids is 1. The molecular formula is C24H22BrN3O5. The van der Waals surface area contributed by atoms with Crippen LogP contribution in [0.3, 0.4) is 0 Å². The van der Waals surface area contributed by atoms with E-state index in [4.69, 9.17) is 14.6 Å². The highest BCUT2D eigenvalue weighted by Gasteiger charge is 2.12. The Kier molecular flexibility index (Phi) is 8.04. The summed E-state index contributed by atoms with van der Waals surface area (Å²) in [7, 11) is 1.52. The lowest BCUT2D eigenvalue weighted by Gasteiger charge is -2.13. The van der Waals surface area contributed by atoms with Gasteiger partial charge in [-0.25, -0.2) is 15.0 Å². The Morgan fingerprint density at radius 2 is 1.85 bits per heavy atom. The summed E-state index contributed by atoms with van der Waals surface area (Å²) in [6.45, 7) is 2.13. The van der Waals surface area contributed by atoms with Crippen LogP contribution >= 0.6 is 15.9 Å². The number of carboxylic acid groups (broad SMARTS) is 1. The minimum Gasteiger partial charge on any atom is -0.493 e. The van der Waals surface area contributed by atoms with Crippen molar-refractivity contribution in [1.29, 1.82) is 0 Å². The summed E-state index contributed by atoms with van der Waals surface area (Å²) in [5, 5.41) is 15.7. The number of halogens is 1. The minimum absolute atomic E-state index is 0.211. The van der Waals surface area contributed by atoms with Crippen molar-refractivity contribution in [3.63, 3.8) is 0 Å². The molecule has 0 radical (unpaired) electrons. The number of hydrogen-bond donors (Lipinski definition) is 3. The van der Waals surface area contributed by atoms with Crippen molar-refractivity contribution in [2.45, 2.75) is 13.5 Å². The van der Waals surface area contributed by atoms with E-state index in [1.165, 1.54) is 25.5 Å². The molecule has 0 spiro atoms. The van der Waals surface area contributed by atoms with Crippen LogP contribution < -0.4 is 20.2 Å². The van der Waals surface area contributed by atoms with E-state index in [9.17, 15) is 9.59 Å². The van der Waals surface area contributed by atoms with Crippen LogP contribution in [0.15, 0.2) is 70.2 Å². The van der Waals surface area contributed by atoms with Crippen molar-refractivity contribution in [2.75, 3.05) is 12.4 Å². The largest absolute Gasteiger partial charge is 0.493 e. The van der Waals surface area contributed by atoms with Crippen LogP contribution in [0.4, 0.5) is 10.5 Å². The summed E-state index contributed by atoms with van der Waals surface area (Å²) in [5.74, 6) is -0.0224. The molecule has 2 amide bonds. The summed E-state index contributed by atoms with van der Waals surface area (Å²) in [4.78, 5) is 23.0. The predicted molar refractivity (Wildman–Crippen MR) is 129 cm³/mol. The molecule has 3 N–H and O–H groups in total. The average Bonchev–Trinajstić information content (AvgIpc) is 2.80. The number of rotatable bonds is 8. The molecule has 0 saturated carbocycles. The van der Waals surface area contributed by atoms with Crippen LogP contribution in [-0.2, 0) is 6.61 Å². The van der Waals surface area contributed by atoms with Gasteiger partial charge in [-0.2, -0.15) is 5.10 Å². The number of carbonyl (C=O) groups excluding carboxylic acids is 1. The lowest BCUT2D eigenvalue weighted by Crippen LogP contribution is -2.24. The average molecular weight is 512 g/mol. The van der Waals surface area contributed by atoms with Crippen LogP contribution in [0.25, 0.3) is 0 Å². The van der Waals surface area contributed by atoms with E-state index < -0.39 is 12.0 Å². The van der Waals surface area contributed by atoms with E-state index in [1.807, 2.05) is 25.1 Å². The molecule has 170 valence electrons. The first kappa shape index (κ1) is 23.8. The third-order valence-electron chi connectivity index (χ3n) is 4.61. The van der Waals surface area contributed by atoms with Crippen molar-refractivity contribution in [2.24, 2.45) is 5.10 Å². The van der Waals surface area contributed by atoms with Gasteiger partial charge in [0.2, 0.25) is 0 Å². The first-order chi connectivity index (χ1) is 15.9. The number of carboxylic acids is 1. The summed E-state index contributed by atoms with van der Waals surface area (Å²) in [6.07, 6.45) is 1.49. The number of ether oxygens (including phenoxy) is 2. The Hall–Kier alpha value is -3.85. The molecule has 0 fully saturated rings. The van der Waals surface area contributed by atoms with E-state index in [0.29, 0.717) is 27.2 Å². The molecule has 0 atom stereocenters. The first-order valence-electron chi connectivity index (χ1n) is 9.85. The summed E-state index contributed by atoms with van der Waals surface area (Å²) >= 11 is 3.47. The zero-order valence-corrected chi connectivity index (χ0v) is 19.5. The molecule has 8 nitrogen and oxygen atoms in total. The topological polar surface area (TPSA) is 109 Å². The maximum Gasteiger partial charge on any atom is 0.339 e. The van der Waals surface area contributed by atoms with Gasteiger partial charge in [0.1, 0.15) is 6.61 Å². The zero-order valence-electron chi connectivity index (χ0n) is 18.0. The Balaban J connectivity index is 1.63. The number of urea groups is 1. The molecular weight excluding hydrogens is 490 g/mol. The molecule has 0 aliphatic rings. The van der Waals surface area contributed by atoms with E-state index in [0.717, 1.165) is 11.1 Å². The number of amides is 2. The second kappa shape index (κ2) is 11.1. The van der Waals surface area contributed by atoms with Gasteiger partial charge in [-0.1, -0.05) is 30.3 Å². The van der Waals surface area contributed by atoms with Crippen molar-refractivity contribution in [3.8, 4) is 11.5 Å². The normalized spacial score (nSPS) is 10.6. The van der Waals surface area contributed by atoms with Crippen LogP contribution in [0.2, 0.25) is 0 Å². The minimum atomic E-state index is -0.980. The Labute approximate surface area is 199 Å².